The minimum atomic E-state index is -1.04. The minimum Gasteiger partial charge on any atom is -0.465 e. The fraction of sp³-hybridized carbons (Fsp3) is 0.158. The molecule has 3 aromatic rings. The van der Waals surface area contributed by atoms with Gasteiger partial charge in [0.05, 0.1) is 13.2 Å². The molecular weight excluding hydrogens is 320 g/mol. The van der Waals surface area contributed by atoms with Crippen molar-refractivity contribution < 1.29 is 19.4 Å². The van der Waals surface area contributed by atoms with Gasteiger partial charge in [-0.15, -0.1) is 0 Å². The van der Waals surface area contributed by atoms with Crippen LogP contribution in [0.5, 0.6) is 0 Å². The Labute approximate surface area is 144 Å². The van der Waals surface area contributed by atoms with Gasteiger partial charge >= 0.3 is 12.1 Å². The molecule has 0 spiro atoms. The quantitative estimate of drug-likeness (QED) is 0.688. The van der Waals surface area contributed by atoms with E-state index in [2.05, 4.69) is 4.98 Å². The van der Waals surface area contributed by atoms with E-state index in [1.807, 2.05) is 30.3 Å². The summed E-state index contributed by atoms with van der Waals surface area (Å²) >= 11 is 0. The van der Waals surface area contributed by atoms with E-state index in [4.69, 9.17) is 4.74 Å². The van der Waals surface area contributed by atoms with E-state index in [0.29, 0.717) is 18.0 Å². The van der Waals surface area contributed by atoms with Gasteiger partial charge in [-0.1, -0.05) is 30.3 Å². The van der Waals surface area contributed by atoms with Crippen LogP contribution in [0.25, 0.3) is 10.9 Å². The number of carbonyl (C=O) groups excluding carboxylic acids is 1. The number of hydrogen-bond acceptors (Lipinski definition) is 3. The van der Waals surface area contributed by atoms with Crippen LogP contribution in [0.1, 0.15) is 23.0 Å². The highest BCUT2D eigenvalue weighted by molar-refractivity contribution is 5.97. The van der Waals surface area contributed by atoms with E-state index in [1.54, 1.807) is 31.2 Å². The molecule has 0 aliphatic heterocycles. The summed E-state index contributed by atoms with van der Waals surface area (Å²) in [6, 6.07) is 16.3. The number of hydrogen-bond donors (Lipinski definition) is 2. The second kappa shape index (κ2) is 7.09. The van der Waals surface area contributed by atoms with Crippen molar-refractivity contribution in [1.82, 2.24) is 4.98 Å². The van der Waals surface area contributed by atoms with Crippen molar-refractivity contribution in [3.8, 4) is 0 Å². The lowest BCUT2D eigenvalue weighted by Gasteiger charge is -2.19. The molecule has 1 aromatic heterocycles. The lowest BCUT2D eigenvalue weighted by molar-refractivity contribution is 0.0520. The molecule has 128 valence electrons. The van der Waals surface area contributed by atoms with E-state index in [9.17, 15) is 14.7 Å². The van der Waals surface area contributed by atoms with Gasteiger partial charge in [0.15, 0.2) is 0 Å². The number of fused-ring (bicyclic) bond motifs is 1. The van der Waals surface area contributed by atoms with Crippen molar-refractivity contribution in [3.63, 3.8) is 0 Å². The standard InChI is InChI=1S/C19H18N2O4/c1-2-25-18(22)17-11-14-10-15(8-9-16(14)20-17)21(19(23)24)12-13-6-4-3-5-7-13/h3-11,20H,2,12H2,1H3,(H,23,24). The maximum Gasteiger partial charge on any atom is 0.412 e. The number of carboxylic acid groups (broad SMARTS) is 1. The summed E-state index contributed by atoms with van der Waals surface area (Å²) in [6.45, 7) is 2.28. The molecule has 0 unspecified atom stereocenters. The first-order valence-electron chi connectivity index (χ1n) is 7.92. The highest BCUT2D eigenvalue weighted by Crippen LogP contribution is 2.25. The molecule has 2 aromatic carbocycles. The van der Waals surface area contributed by atoms with Gasteiger partial charge in [0, 0.05) is 16.6 Å². The van der Waals surface area contributed by atoms with Crippen LogP contribution in [0.15, 0.2) is 54.6 Å². The molecule has 3 rings (SSSR count). The molecule has 6 heteroatoms. The Kier molecular flexibility index (Phi) is 4.70. The molecule has 0 fully saturated rings. The third-order valence-corrected chi connectivity index (χ3v) is 3.83. The summed E-state index contributed by atoms with van der Waals surface area (Å²) in [7, 11) is 0. The Bertz CT molecular complexity index is 902. The van der Waals surface area contributed by atoms with Gasteiger partial charge in [-0.2, -0.15) is 0 Å². The van der Waals surface area contributed by atoms with E-state index in [1.165, 1.54) is 4.90 Å². The fourth-order valence-corrected chi connectivity index (χ4v) is 2.64. The zero-order chi connectivity index (χ0) is 17.8. The number of benzene rings is 2. The number of H-pyrrole nitrogens is 1. The molecule has 0 aliphatic rings. The van der Waals surface area contributed by atoms with Crippen LogP contribution >= 0.6 is 0 Å². The molecule has 1 amide bonds. The number of esters is 1. The molecule has 0 bridgehead atoms. The first kappa shape index (κ1) is 16.6. The molecule has 0 saturated heterocycles. The number of aromatic amines is 1. The first-order chi connectivity index (χ1) is 12.1. The fourth-order valence-electron chi connectivity index (χ4n) is 2.64. The van der Waals surface area contributed by atoms with E-state index < -0.39 is 12.1 Å². The van der Waals surface area contributed by atoms with E-state index in [-0.39, 0.29) is 6.54 Å². The average molecular weight is 338 g/mol. The number of rotatable bonds is 5. The first-order valence-corrected chi connectivity index (χ1v) is 7.92. The van der Waals surface area contributed by atoms with Gasteiger partial charge in [-0.3, -0.25) is 4.90 Å². The maximum atomic E-state index is 11.8. The molecule has 25 heavy (non-hydrogen) atoms. The molecule has 1 heterocycles. The summed E-state index contributed by atoms with van der Waals surface area (Å²) in [5.74, 6) is -0.431. The van der Waals surface area contributed by atoms with Gasteiger partial charge in [-0.05, 0) is 36.8 Å². The van der Waals surface area contributed by atoms with Crippen LogP contribution in [0, 0.1) is 0 Å². The monoisotopic (exact) mass is 338 g/mol. The Morgan fingerprint density at radius 1 is 1.12 bits per heavy atom. The molecule has 0 saturated carbocycles. The zero-order valence-electron chi connectivity index (χ0n) is 13.7. The Hall–Kier alpha value is -3.28. The van der Waals surface area contributed by atoms with Crippen molar-refractivity contribution in [2.75, 3.05) is 11.5 Å². The number of aromatic nitrogens is 1. The number of amides is 1. The molecule has 0 atom stereocenters. The van der Waals surface area contributed by atoms with Crippen LogP contribution in [0.4, 0.5) is 10.5 Å². The van der Waals surface area contributed by atoms with Crippen LogP contribution in [0.2, 0.25) is 0 Å². The number of nitrogens with zero attached hydrogens (tertiary/aromatic N) is 1. The van der Waals surface area contributed by atoms with Crippen molar-refractivity contribution >= 4 is 28.7 Å². The number of carbonyl (C=O) groups is 2. The molecule has 6 nitrogen and oxygen atoms in total. The molecule has 2 N–H and O–H groups in total. The Morgan fingerprint density at radius 2 is 1.88 bits per heavy atom. The molecule has 0 radical (unpaired) electrons. The molecule has 0 aliphatic carbocycles. The van der Waals surface area contributed by atoms with Crippen molar-refractivity contribution in [2.45, 2.75) is 13.5 Å². The normalized spacial score (nSPS) is 10.6. The predicted molar refractivity (Wildman–Crippen MR) is 94.9 cm³/mol. The lowest BCUT2D eigenvalue weighted by atomic mass is 10.2. The number of anilines is 1. The summed E-state index contributed by atoms with van der Waals surface area (Å²) in [5.41, 5.74) is 2.53. The largest absolute Gasteiger partial charge is 0.465 e. The zero-order valence-corrected chi connectivity index (χ0v) is 13.7. The third kappa shape index (κ3) is 3.63. The smallest absolute Gasteiger partial charge is 0.412 e. The maximum absolute atomic E-state index is 11.8. The van der Waals surface area contributed by atoms with Crippen LogP contribution in [-0.2, 0) is 11.3 Å². The summed E-state index contributed by atoms with van der Waals surface area (Å²) < 4.78 is 4.98. The second-order valence-electron chi connectivity index (χ2n) is 5.53. The van der Waals surface area contributed by atoms with Gasteiger partial charge in [0.2, 0.25) is 0 Å². The van der Waals surface area contributed by atoms with Gasteiger partial charge < -0.3 is 14.8 Å². The van der Waals surface area contributed by atoms with Crippen LogP contribution < -0.4 is 4.90 Å². The van der Waals surface area contributed by atoms with Crippen LogP contribution in [0.3, 0.4) is 0 Å². The van der Waals surface area contributed by atoms with Crippen molar-refractivity contribution in [1.29, 1.82) is 0 Å². The van der Waals surface area contributed by atoms with Gasteiger partial charge in [-0.25, -0.2) is 9.59 Å². The minimum absolute atomic E-state index is 0.247. The number of nitrogens with one attached hydrogen (secondary N) is 1. The lowest BCUT2D eigenvalue weighted by Crippen LogP contribution is -2.28. The van der Waals surface area contributed by atoms with Crippen molar-refractivity contribution in [3.05, 3.63) is 65.9 Å². The predicted octanol–water partition coefficient (Wildman–Crippen LogP) is 4.03. The van der Waals surface area contributed by atoms with Crippen LogP contribution in [-0.4, -0.2) is 28.8 Å². The summed E-state index contributed by atoms with van der Waals surface area (Å²) in [4.78, 5) is 27.8. The number of ether oxygens (including phenoxy) is 1. The molecular formula is C19H18N2O4. The highest BCUT2D eigenvalue weighted by atomic mass is 16.5. The van der Waals surface area contributed by atoms with Gasteiger partial charge in [0.1, 0.15) is 5.69 Å². The van der Waals surface area contributed by atoms with E-state index in [0.717, 1.165) is 16.5 Å². The topological polar surface area (TPSA) is 82.6 Å². The highest BCUT2D eigenvalue weighted by Gasteiger charge is 2.17. The average Bonchev–Trinajstić information content (AvgIpc) is 3.04. The summed E-state index contributed by atoms with van der Waals surface area (Å²) in [5, 5.41) is 10.3. The van der Waals surface area contributed by atoms with Crippen molar-refractivity contribution in [2.24, 2.45) is 0 Å². The Morgan fingerprint density at radius 3 is 2.56 bits per heavy atom. The summed E-state index contributed by atoms with van der Waals surface area (Å²) in [6.07, 6.45) is -1.04. The third-order valence-electron chi connectivity index (χ3n) is 3.83. The second-order valence-corrected chi connectivity index (χ2v) is 5.53. The SMILES string of the molecule is CCOC(=O)c1cc2cc(N(Cc3ccccc3)C(=O)O)ccc2[nH]1. The Balaban J connectivity index is 1.92. The van der Waals surface area contributed by atoms with E-state index >= 15 is 0 Å². The van der Waals surface area contributed by atoms with Gasteiger partial charge in [0.25, 0.3) is 0 Å².